The Morgan fingerprint density at radius 3 is 2.39 bits per heavy atom. The van der Waals surface area contributed by atoms with E-state index in [1.807, 2.05) is 30.3 Å². The molecule has 2 unspecified atom stereocenters. The average molecular weight is 634 g/mol. The second-order valence-corrected chi connectivity index (χ2v) is 13.2. The van der Waals surface area contributed by atoms with Crippen molar-refractivity contribution < 1.29 is 18.0 Å². The Balaban J connectivity index is 0.000000568. The second kappa shape index (κ2) is 13.5. The monoisotopic (exact) mass is 633 g/mol. The molecule has 10 heteroatoms. The molecule has 2 aliphatic rings. The molecule has 0 spiro atoms. The predicted molar refractivity (Wildman–Crippen MR) is 180 cm³/mol. The van der Waals surface area contributed by atoms with Gasteiger partial charge in [-0.25, -0.2) is 13.2 Å². The first kappa shape index (κ1) is 30.9. The molecule has 0 bridgehead atoms. The van der Waals surface area contributed by atoms with E-state index in [2.05, 4.69) is 88.4 Å². The molecule has 0 radical (unpaired) electrons. The molecule has 1 aliphatic carbocycles. The molecule has 234 valence electrons. The van der Waals surface area contributed by atoms with Crippen molar-refractivity contribution in [1.29, 1.82) is 0 Å². The number of aryl methyl sites for hydroxylation is 1. The largest absolute Gasteiger partial charge is 0.368 e. The van der Waals surface area contributed by atoms with Crippen molar-refractivity contribution in [3.63, 3.8) is 0 Å². The Bertz CT molecular complexity index is 1960. The number of nitrogens with one attached hydrogen (secondary N) is 1. The van der Waals surface area contributed by atoms with Gasteiger partial charge in [-0.05, 0) is 47.7 Å². The summed E-state index contributed by atoms with van der Waals surface area (Å²) in [5.41, 5.74) is 11.0. The highest BCUT2D eigenvalue weighted by molar-refractivity contribution is 7.89. The van der Waals surface area contributed by atoms with Gasteiger partial charge in [-0.15, -0.1) is 0 Å². The van der Waals surface area contributed by atoms with Crippen molar-refractivity contribution in [1.82, 2.24) is 14.6 Å². The average Bonchev–Trinajstić information content (AvgIpc) is 3.52. The number of amides is 3. The van der Waals surface area contributed by atoms with Crippen LogP contribution in [0.25, 0.3) is 22.0 Å². The highest BCUT2D eigenvalue weighted by Crippen LogP contribution is 2.42. The number of rotatable bonds is 6. The van der Waals surface area contributed by atoms with E-state index in [9.17, 15) is 18.0 Å². The van der Waals surface area contributed by atoms with Crippen LogP contribution in [0.1, 0.15) is 23.5 Å². The van der Waals surface area contributed by atoms with E-state index in [-0.39, 0.29) is 18.4 Å². The fraction of sp³-hybridized carbons (Fsp3) is 0.194. The van der Waals surface area contributed by atoms with Gasteiger partial charge in [0.05, 0.1) is 5.52 Å². The van der Waals surface area contributed by atoms with Crippen LogP contribution in [0.5, 0.6) is 0 Å². The number of carbonyl (C=O) groups excluding carboxylic acids is 2. The maximum atomic E-state index is 14.5. The van der Waals surface area contributed by atoms with Crippen LogP contribution >= 0.6 is 0 Å². The Labute approximate surface area is 268 Å². The number of nitrogens with zero attached hydrogens (tertiary/aromatic N) is 3. The van der Waals surface area contributed by atoms with Crippen LogP contribution in [0.3, 0.4) is 0 Å². The van der Waals surface area contributed by atoms with Gasteiger partial charge in [-0.3, -0.25) is 15.1 Å². The predicted octanol–water partition coefficient (Wildman–Crippen LogP) is 5.32. The number of hydrogen-bond acceptors (Lipinski definition) is 6. The number of primary amides is 1. The number of carbonyl (C=O) groups is 2. The number of para-hydroxylation sites is 2. The number of fused-ring (bicyclic) bond motifs is 2. The molecule has 1 aromatic heterocycles. The lowest BCUT2D eigenvalue weighted by atomic mass is 9.91. The summed E-state index contributed by atoms with van der Waals surface area (Å²) in [6.45, 7) is 1.66. The number of urea groups is 1. The SMILES string of the molecule is NC(=O)NC=O.O=S(=O)(c1cccc2cccnc12)N1CCN(c2ccccc2-c2ccccc2)CC1C1CCc2ccccc21. The fourth-order valence-electron chi connectivity index (χ4n) is 6.71. The van der Waals surface area contributed by atoms with Gasteiger partial charge in [0, 0.05) is 54.4 Å². The second-order valence-electron chi connectivity index (χ2n) is 11.3. The Morgan fingerprint density at radius 1 is 0.870 bits per heavy atom. The van der Waals surface area contributed by atoms with Gasteiger partial charge in [0.25, 0.3) is 0 Å². The van der Waals surface area contributed by atoms with E-state index in [0.29, 0.717) is 30.0 Å². The van der Waals surface area contributed by atoms with Gasteiger partial charge in [-0.2, -0.15) is 4.31 Å². The van der Waals surface area contributed by atoms with E-state index >= 15 is 0 Å². The van der Waals surface area contributed by atoms with Gasteiger partial charge in [0.15, 0.2) is 0 Å². The minimum Gasteiger partial charge on any atom is -0.368 e. The molecular formula is C36H35N5O4S. The first-order valence-electron chi connectivity index (χ1n) is 15.2. The first-order chi connectivity index (χ1) is 22.4. The normalized spacial score (nSPS) is 17.9. The van der Waals surface area contributed by atoms with Crippen molar-refractivity contribution in [3.05, 3.63) is 127 Å². The molecule has 1 aliphatic heterocycles. The molecule has 46 heavy (non-hydrogen) atoms. The Kier molecular flexibility index (Phi) is 9.09. The number of imide groups is 1. The van der Waals surface area contributed by atoms with Gasteiger partial charge in [-0.1, -0.05) is 91.0 Å². The minimum atomic E-state index is -3.80. The summed E-state index contributed by atoms with van der Waals surface area (Å²) in [7, 11) is -3.80. The van der Waals surface area contributed by atoms with Crippen molar-refractivity contribution in [2.75, 3.05) is 24.5 Å². The van der Waals surface area contributed by atoms with E-state index in [1.54, 1.807) is 21.9 Å². The lowest BCUT2D eigenvalue weighted by Crippen LogP contribution is -2.57. The van der Waals surface area contributed by atoms with Crippen LogP contribution in [0.4, 0.5) is 10.5 Å². The highest BCUT2D eigenvalue weighted by atomic mass is 32.2. The molecule has 0 saturated carbocycles. The number of hydrogen-bond donors (Lipinski definition) is 2. The molecule has 3 N–H and O–H groups in total. The Morgan fingerprint density at radius 2 is 1.61 bits per heavy atom. The van der Waals surface area contributed by atoms with E-state index < -0.39 is 16.1 Å². The summed E-state index contributed by atoms with van der Waals surface area (Å²) < 4.78 is 30.7. The van der Waals surface area contributed by atoms with Crippen LogP contribution in [-0.4, -0.2) is 55.8 Å². The number of piperazine rings is 1. The molecule has 5 aromatic rings. The molecule has 4 aromatic carbocycles. The molecular weight excluding hydrogens is 598 g/mol. The summed E-state index contributed by atoms with van der Waals surface area (Å²) >= 11 is 0. The third kappa shape index (κ3) is 6.22. The highest BCUT2D eigenvalue weighted by Gasteiger charge is 2.43. The standard InChI is InChI=1S/C34H31N3O2S.C2H4N2O2/c38-40(39,33-18-8-13-27-14-9-21-35-34(27)33)37-23-22-36(24-32(37)30-20-19-26-12-4-5-15-28(26)30)31-17-7-6-16-29(31)25-10-2-1-3-11-25;3-2(6)4-1-5/h1-18,21,30,32H,19-20,22-24H2;1H,(H3,3,4,5,6). The minimum absolute atomic E-state index is 0.126. The van der Waals surface area contributed by atoms with E-state index in [1.165, 1.54) is 16.7 Å². The van der Waals surface area contributed by atoms with Crippen molar-refractivity contribution in [2.45, 2.75) is 29.7 Å². The lowest BCUT2D eigenvalue weighted by molar-refractivity contribution is -0.108. The summed E-state index contributed by atoms with van der Waals surface area (Å²) in [5, 5.41) is 2.50. The van der Waals surface area contributed by atoms with Crippen LogP contribution in [0.2, 0.25) is 0 Å². The zero-order chi connectivity index (χ0) is 32.1. The van der Waals surface area contributed by atoms with Gasteiger partial charge in [0.1, 0.15) is 4.90 Å². The maximum absolute atomic E-state index is 14.5. The zero-order valence-electron chi connectivity index (χ0n) is 25.2. The number of benzene rings is 4. The zero-order valence-corrected chi connectivity index (χ0v) is 26.0. The van der Waals surface area contributed by atoms with Crippen molar-refractivity contribution in [3.8, 4) is 11.1 Å². The first-order valence-corrected chi connectivity index (χ1v) is 16.6. The molecule has 1 fully saturated rings. The van der Waals surface area contributed by atoms with E-state index in [4.69, 9.17) is 0 Å². The molecule has 9 nitrogen and oxygen atoms in total. The summed E-state index contributed by atoms with van der Waals surface area (Å²) in [5.74, 6) is 0.126. The summed E-state index contributed by atoms with van der Waals surface area (Å²) in [6.07, 6.45) is 3.81. The van der Waals surface area contributed by atoms with Gasteiger partial charge < -0.3 is 10.6 Å². The van der Waals surface area contributed by atoms with Crippen molar-refractivity contribution in [2.24, 2.45) is 5.73 Å². The van der Waals surface area contributed by atoms with E-state index in [0.717, 1.165) is 29.5 Å². The van der Waals surface area contributed by atoms with Crippen molar-refractivity contribution >= 4 is 39.1 Å². The molecule has 3 amide bonds. The molecule has 1 saturated heterocycles. The van der Waals surface area contributed by atoms with Crippen LogP contribution in [0.15, 0.2) is 120 Å². The quantitative estimate of drug-likeness (QED) is 0.244. The van der Waals surface area contributed by atoms with Crippen LogP contribution in [0, 0.1) is 0 Å². The Hall–Kier alpha value is -5.06. The topological polar surface area (TPSA) is 126 Å². The van der Waals surface area contributed by atoms with Crippen LogP contribution < -0.4 is 16.0 Å². The number of anilines is 1. The third-order valence-electron chi connectivity index (χ3n) is 8.72. The van der Waals surface area contributed by atoms with Gasteiger partial charge >= 0.3 is 6.03 Å². The summed E-state index contributed by atoms with van der Waals surface area (Å²) in [6, 6.07) is 35.6. The lowest BCUT2D eigenvalue weighted by Gasteiger charge is -2.44. The smallest absolute Gasteiger partial charge is 0.318 e. The number of nitrogens with two attached hydrogens (primary N) is 1. The molecule has 2 atom stereocenters. The van der Waals surface area contributed by atoms with Crippen LogP contribution in [-0.2, 0) is 21.2 Å². The summed E-state index contributed by atoms with van der Waals surface area (Å²) in [4.78, 5) is 25.9. The molecule has 7 rings (SSSR count). The maximum Gasteiger partial charge on any atom is 0.318 e. The van der Waals surface area contributed by atoms with Gasteiger partial charge in [0.2, 0.25) is 16.4 Å². The number of sulfonamides is 1. The molecule has 2 heterocycles. The fourth-order valence-corrected chi connectivity index (χ4v) is 8.52. The number of aromatic nitrogens is 1. The number of pyridine rings is 1. The third-order valence-corrected chi connectivity index (χ3v) is 10.7.